The minimum atomic E-state index is -0.544. The van der Waals surface area contributed by atoms with Crippen molar-refractivity contribution in [2.45, 2.75) is 0 Å². The molecule has 3 aromatic rings. The zero-order valence-electron chi connectivity index (χ0n) is 14.2. The Morgan fingerprint density at radius 2 is 1.63 bits per heavy atom. The van der Waals surface area contributed by atoms with Gasteiger partial charge in [-0.25, -0.2) is 9.97 Å². The number of nitrogens with zero attached hydrogens (tertiary/aromatic N) is 3. The molecule has 0 aliphatic carbocycles. The molecule has 0 atom stereocenters. The van der Waals surface area contributed by atoms with Crippen LogP contribution >= 0.6 is 0 Å². The first-order valence-corrected chi connectivity index (χ1v) is 8.03. The molecule has 0 spiro atoms. The number of anilines is 2. The van der Waals surface area contributed by atoms with Gasteiger partial charge < -0.3 is 15.4 Å². The van der Waals surface area contributed by atoms with Crippen LogP contribution in [0.2, 0.25) is 0 Å². The molecule has 0 fully saturated rings. The summed E-state index contributed by atoms with van der Waals surface area (Å²) in [7, 11) is 0. The average Bonchev–Trinajstić information content (AvgIpc) is 2.71. The van der Waals surface area contributed by atoms with Gasteiger partial charge in [-0.3, -0.25) is 4.79 Å². The van der Waals surface area contributed by atoms with E-state index < -0.39 is 5.91 Å². The molecule has 1 amide bonds. The van der Waals surface area contributed by atoms with Crippen molar-refractivity contribution in [3.05, 3.63) is 84.8 Å². The highest BCUT2D eigenvalue weighted by atomic mass is 16.5. The van der Waals surface area contributed by atoms with Gasteiger partial charge in [-0.1, -0.05) is 18.2 Å². The van der Waals surface area contributed by atoms with Crippen molar-refractivity contribution < 1.29 is 9.53 Å². The standard InChI is InChI=1S/C20H15N5O2/c21-13-15(14-24-20-22-11-4-12-23-20)19(26)25-16-7-9-18(10-8-16)27-17-5-2-1-3-6-17/h1-12,14H,(H,25,26)(H,22,23,24)/b15-14-. The molecule has 0 bridgehead atoms. The maximum Gasteiger partial charge on any atom is 0.267 e. The number of para-hydroxylation sites is 1. The fourth-order valence-corrected chi connectivity index (χ4v) is 2.09. The first-order chi connectivity index (χ1) is 13.2. The molecule has 27 heavy (non-hydrogen) atoms. The van der Waals surface area contributed by atoms with E-state index >= 15 is 0 Å². The summed E-state index contributed by atoms with van der Waals surface area (Å²) in [6.45, 7) is 0. The highest BCUT2D eigenvalue weighted by Crippen LogP contribution is 2.22. The Labute approximate surface area is 156 Å². The van der Waals surface area contributed by atoms with E-state index in [1.807, 2.05) is 36.4 Å². The molecule has 132 valence electrons. The summed E-state index contributed by atoms with van der Waals surface area (Å²) in [6.07, 6.45) is 4.36. The van der Waals surface area contributed by atoms with Gasteiger partial charge in [0.25, 0.3) is 5.91 Å². The van der Waals surface area contributed by atoms with E-state index in [0.717, 1.165) is 5.75 Å². The predicted octanol–water partition coefficient (Wildman–Crippen LogP) is 3.73. The summed E-state index contributed by atoms with van der Waals surface area (Å²) in [5.74, 6) is 1.11. The molecule has 0 saturated carbocycles. The topological polar surface area (TPSA) is 99.9 Å². The maximum absolute atomic E-state index is 12.2. The van der Waals surface area contributed by atoms with E-state index in [-0.39, 0.29) is 5.57 Å². The van der Waals surface area contributed by atoms with Gasteiger partial charge in [0.15, 0.2) is 0 Å². The number of benzene rings is 2. The molecule has 0 saturated heterocycles. The summed E-state index contributed by atoms with van der Waals surface area (Å²) >= 11 is 0. The van der Waals surface area contributed by atoms with Gasteiger partial charge in [-0.05, 0) is 42.5 Å². The lowest BCUT2D eigenvalue weighted by Crippen LogP contribution is -2.14. The minimum Gasteiger partial charge on any atom is -0.457 e. The number of hydrogen-bond donors (Lipinski definition) is 2. The normalized spacial score (nSPS) is 10.6. The van der Waals surface area contributed by atoms with Gasteiger partial charge in [0.05, 0.1) is 0 Å². The third kappa shape index (κ3) is 5.14. The molecule has 1 aromatic heterocycles. The Morgan fingerprint density at radius 1 is 0.963 bits per heavy atom. The number of aromatic nitrogens is 2. The maximum atomic E-state index is 12.2. The van der Waals surface area contributed by atoms with Crippen LogP contribution in [0.1, 0.15) is 0 Å². The Bertz CT molecular complexity index is 965. The molecule has 2 N–H and O–H groups in total. The van der Waals surface area contributed by atoms with Gasteiger partial charge >= 0.3 is 0 Å². The average molecular weight is 357 g/mol. The van der Waals surface area contributed by atoms with E-state index in [1.54, 1.807) is 42.7 Å². The number of rotatable bonds is 6. The first kappa shape index (κ1) is 17.6. The number of carbonyl (C=O) groups excluding carboxylic acids is 1. The van der Waals surface area contributed by atoms with E-state index in [2.05, 4.69) is 20.6 Å². The van der Waals surface area contributed by atoms with Crippen LogP contribution in [-0.2, 0) is 4.79 Å². The van der Waals surface area contributed by atoms with E-state index in [4.69, 9.17) is 4.74 Å². The molecular weight excluding hydrogens is 342 g/mol. The van der Waals surface area contributed by atoms with Gasteiger partial charge in [0.1, 0.15) is 23.1 Å². The second-order valence-electron chi connectivity index (χ2n) is 5.28. The van der Waals surface area contributed by atoms with Crippen molar-refractivity contribution in [2.24, 2.45) is 0 Å². The fraction of sp³-hybridized carbons (Fsp3) is 0. The van der Waals surface area contributed by atoms with Gasteiger partial charge in [-0.2, -0.15) is 5.26 Å². The number of amides is 1. The molecular formula is C20H15N5O2. The van der Waals surface area contributed by atoms with Crippen LogP contribution < -0.4 is 15.4 Å². The molecule has 0 aliphatic rings. The monoisotopic (exact) mass is 357 g/mol. The van der Waals surface area contributed by atoms with E-state index in [0.29, 0.717) is 17.4 Å². The number of ether oxygens (including phenoxy) is 1. The largest absolute Gasteiger partial charge is 0.457 e. The lowest BCUT2D eigenvalue weighted by atomic mass is 10.2. The lowest BCUT2D eigenvalue weighted by molar-refractivity contribution is -0.112. The highest BCUT2D eigenvalue weighted by Gasteiger charge is 2.09. The summed E-state index contributed by atoms with van der Waals surface area (Å²) in [4.78, 5) is 20.1. The predicted molar refractivity (Wildman–Crippen MR) is 101 cm³/mol. The smallest absolute Gasteiger partial charge is 0.267 e. The van der Waals surface area contributed by atoms with Crippen LogP contribution in [0.3, 0.4) is 0 Å². The molecule has 7 heteroatoms. The van der Waals surface area contributed by atoms with Gasteiger partial charge in [-0.15, -0.1) is 0 Å². The molecule has 0 aliphatic heterocycles. The van der Waals surface area contributed by atoms with E-state index in [9.17, 15) is 10.1 Å². The summed E-state index contributed by atoms with van der Waals surface area (Å²) in [5.41, 5.74) is 0.435. The Balaban J connectivity index is 1.61. The first-order valence-electron chi connectivity index (χ1n) is 8.03. The van der Waals surface area contributed by atoms with Gasteiger partial charge in [0.2, 0.25) is 5.95 Å². The number of hydrogen-bond acceptors (Lipinski definition) is 6. The fourth-order valence-electron chi connectivity index (χ4n) is 2.09. The van der Waals surface area contributed by atoms with Crippen molar-refractivity contribution in [3.8, 4) is 17.6 Å². The second-order valence-corrected chi connectivity index (χ2v) is 5.28. The Morgan fingerprint density at radius 3 is 2.30 bits per heavy atom. The van der Waals surface area contributed by atoms with Crippen LogP contribution in [-0.4, -0.2) is 15.9 Å². The molecule has 0 radical (unpaired) electrons. The molecule has 7 nitrogen and oxygen atoms in total. The van der Waals surface area contributed by atoms with Crippen LogP contribution in [0.25, 0.3) is 0 Å². The highest BCUT2D eigenvalue weighted by molar-refractivity contribution is 6.06. The number of nitrogens with one attached hydrogen (secondary N) is 2. The van der Waals surface area contributed by atoms with Crippen LogP contribution in [0, 0.1) is 11.3 Å². The summed E-state index contributed by atoms with van der Waals surface area (Å²) < 4.78 is 5.69. The number of nitriles is 1. The zero-order chi connectivity index (χ0) is 18.9. The number of carbonyl (C=O) groups is 1. The third-order valence-corrected chi connectivity index (χ3v) is 3.37. The zero-order valence-corrected chi connectivity index (χ0v) is 14.2. The van der Waals surface area contributed by atoms with Crippen molar-refractivity contribution in [1.82, 2.24) is 9.97 Å². The van der Waals surface area contributed by atoms with Crippen LogP contribution in [0.5, 0.6) is 11.5 Å². The van der Waals surface area contributed by atoms with Crippen LogP contribution in [0.15, 0.2) is 84.8 Å². The molecule has 2 aromatic carbocycles. The Hall–Kier alpha value is -4.18. The van der Waals surface area contributed by atoms with Crippen molar-refractivity contribution in [3.63, 3.8) is 0 Å². The molecule has 0 unspecified atom stereocenters. The second kappa shape index (κ2) is 8.78. The quantitative estimate of drug-likeness (QED) is 0.515. The minimum absolute atomic E-state index is 0.105. The SMILES string of the molecule is N#C/C(=C/Nc1ncccn1)C(=O)Nc1ccc(Oc2ccccc2)cc1. The van der Waals surface area contributed by atoms with E-state index in [1.165, 1.54) is 6.20 Å². The van der Waals surface area contributed by atoms with Crippen molar-refractivity contribution in [1.29, 1.82) is 5.26 Å². The third-order valence-electron chi connectivity index (χ3n) is 3.37. The van der Waals surface area contributed by atoms with Crippen LogP contribution in [0.4, 0.5) is 11.6 Å². The van der Waals surface area contributed by atoms with Crippen molar-refractivity contribution >= 4 is 17.5 Å². The molecule has 3 rings (SSSR count). The van der Waals surface area contributed by atoms with Crippen molar-refractivity contribution in [2.75, 3.05) is 10.6 Å². The molecule has 1 heterocycles. The van der Waals surface area contributed by atoms with Gasteiger partial charge in [0, 0.05) is 24.3 Å². The lowest BCUT2D eigenvalue weighted by Gasteiger charge is -2.08. The Kier molecular flexibility index (Phi) is 5.74. The summed E-state index contributed by atoms with van der Waals surface area (Å²) in [6, 6.07) is 19.7. The summed E-state index contributed by atoms with van der Waals surface area (Å²) in [5, 5.41) is 14.5.